The Kier molecular flexibility index (Phi) is 6.27. The third kappa shape index (κ3) is 4.42. The molecule has 0 spiro atoms. The van der Waals surface area contributed by atoms with Gasteiger partial charge in [0.2, 0.25) is 0 Å². The summed E-state index contributed by atoms with van der Waals surface area (Å²) in [5, 5.41) is 13.2. The van der Waals surface area contributed by atoms with E-state index in [1.165, 1.54) is 52.0 Å². The summed E-state index contributed by atoms with van der Waals surface area (Å²) in [6.07, 6.45) is 6.13. The average molecular weight is 283 g/mol. The lowest BCUT2D eigenvalue weighted by Gasteiger charge is -2.36. The van der Waals surface area contributed by atoms with Gasteiger partial charge in [-0.3, -0.25) is 4.90 Å². The Morgan fingerprint density at radius 3 is 2.35 bits per heavy atom. The summed E-state index contributed by atoms with van der Waals surface area (Å²) in [7, 11) is 0. The molecule has 4 heteroatoms. The minimum atomic E-state index is -0.0510. The van der Waals surface area contributed by atoms with Crippen molar-refractivity contribution in [2.75, 3.05) is 45.9 Å². The zero-order valence-electron chi connectivity index (χ0n) is 13.4. The van der Waals surface area contributed by atoms with Crippen molar-refractivity contribution in [1.29, 1.82) is 0 Å². The number of piperazine rings is 1. The van der Waals surface area contributed by atoms with Crippen LogP contribution in [0.3, 0.4) is 0 Å². The highest BCUT2D eigenvalue weighted by molar-refractivity contribution is 4.88. The normalized spacial score (nSPS) is 24.8. The van der Waals surface area contributed by atoms with E-state index in [-0.39, 0.29) is 12.1 Å². The van der Waals surface area contributed by atoms with Gasteiger partial charge in [0.05, 0.1) is 6.61 Å². The average Bonchev–Trinajstić information content (AvgIpc) is 3.32. The van der Waals surface area contributed by atoms with Crippen molar-refractivity contribution in [3.05, 3.63) is 0 Å². The van der Waals surface area contributed by atoms with Crippen molar-refractivity contribution >= 4 is 0 Å². The number of nitrogens with one attached hydrogen (secondary N) is 1. The van der Waals surface area contributed by atoms with Crippen LogP contribution in [-0.4, -0.2) is 72.4 Å². The number of hydrogen-bond donors (Lipinski definition) is 2. The third-order valence-electron chi connectivity index (χ3n) is 5.13. The molecule has 0 aromatic carbocycles. The van der Waals surface area contributed by atoms with Crippen LogP contribution >= 0.6 is 0 Å². The van der Waals surface area contributed by atoms with Gasteiger partial charge in [-0.05, 0) is 45.2 Å². The molecule has 1 atom stereocenters. The second-order valence-corrected chi connectivity index (χ2v) is 6.53. The van der Waals surface area contributed by atoms with Crippen molar-refractivity contribution in [2.24, 2.45) is 0 Å². The Morgan fingerprint density at radius 1 is 1.15 bits per heavy atom. The molecule has 2 N–H and O–H groups in total. The van der Waals surface area contributed by atoms with Crippen molar-refractivity contribution < 1.29 is 5.11 Å². The quantitative estimate of drug-likeness (QED) is 0.669. The molecule has 2 aliphatic rings. The Balaban J connectivity index is 1.64. The molecule has 4 nitrogen and oxygen atoms in total. The molecule has 1 saturated carbocycles. The van der Waals surface area contributed by atoms with Crippen molar-refractivity contribution in [1.82, 2.24) is 15.1 Å². The van der Waals surface area contributed by atoms with E-state index in [2.05, 4.69) is 29.0 Å². The molecule has 118 valence electrons. The predicted molar refractivity (Wildman–Crippen MR) is 84.1 cm³/mol. The minimum Gasteiger partial charge on any atom is -0.394 e. The lowest BCUT2D eigenvalue weighted by Crippen LogP contribution is -2.50. The largest absolute Gasteiger partial charge is 0.394 e. The first kappa shape index (κ1) is 16.2. The van der Waals surface area contributed by atoms with Crippen LogP contribution in [0.25, 0.3) is 0 Å². The van der Waals surface area contributed by atoms with E-state index in [1.54, 1.807) is 0 Å². The van der Waals surface area contributed by atoms with Gasteiger partial charge < -0.3 is 15.3 Å². The van der Waals surface area contributed by atoms with Crippen LogP contribution in [-0.2, 0) is 0 Å². The molecule has 0 bridgehead atoms. The highest BCUT2D eigenvalue weighted by atomic mass is 16.3. The number of rotatable bonds is 9. The standard InChI is InChI=1S/C16H33N3O/c1-3-16(14-20,17-4-2)8-5-9-18-10-12-19(13-11-18)15-6-7-15/h15,17,20H,3-14H2,1-2H3. The Hall–Kier alpha value is -0.160. The topological polar surface area (TPSA) is 38.7 Å². The first-order chi connectivity index (χ1) is 9.73. The first-order valence-corrected chi connectivity index (χ1v) is 8.55. The second-order valence-electron chi connectivity index (χ2n) is 6.53. The molecule has 0 aromatic rings. The van der Waals surface area contributed by atoms with E-state index in [9.17, 15) is 5.11 Å². The molecular weight excluding hydrogens is 250 g/mol. The van der Waals surface area contributed by atoms with E-state index in [1.807, 2.05) is 0 Å². The number of aliphatic hydroxyl groups is 1. The highest BCUT2D eigenvalue weighted by Gasteiger charge is 2.31. The molecular formula is C16H33N3O. The van der Waals surface area contributed by atoms with Gasteiger partial charge in [0.1, 0.15) is 0 Å². The zero-order chi connectivity index (χ0) is 14.4. The van der Waals surface area contributed by atoms with Gasteiger partial charge in [-0.2, -0.15) is 0 Å². The number of hydrogen-bond acceptors (Lipinski definition) is 4. The van der Waals surface area contributed by atoms with Gasteiger partial charge in [0, 0.05) is 37.8 Å². The molecule has 1 heterocycles. The fourth-order valence-electron chi connectivity index (χ4n) is 3.44. The monoisotopic (exact) mass is 283 g/mol. The van der Waals surface area contributed by atoms with Gasteiger partial charge in [0.15, 0.2) is 0 Å². The first-order valence-electron chi connectivity index (χ1n) is 8.55. The van der Waals surface area contributed by atoms with Crippen LogP contribution in [0.5, 0.6) is 0 Å². The maximum Gasteiger partial charge on any atom is 0.0613 e. The van der Waals surface area contributed by atoms with Crippen molar-refractivity contribution in [2.45, 2.75) is 57.5 Å². The van der Waals surface area contributed by atoms with Gasteiger partial charge in [0.25, 0.3) is 0 Å². The summed E-state index contributed by atoms with van der Waals surface area (Å²) in [5.41, 5.74) is -0.0510. The zero-order valence-corrected chi connectivity index (χ0v) is 13.4. The summed E-state index contributed by atoms with van der Waals surface area (Å²) in [6, 6.07) is 0.924. The number of aliphatic hydroxyl groups excluding tert-OH is 1. The van der Waals surface area contributed by atoms with Gasteiger partial charge in [-0.1, -0.05) is 13.8 Å². The third-order valence-corrected chi connectivity index (χ3v) is 5.13. The van der Waals surface area contributed by atoms with Crippen LogP contribution in [0, 0.1) is 0 Å². The molecule has 1 aliphatic heterocycles. The van der Waals surface area contributed by atoms with Crippen LogP contribution in [0.2, 0.25) is 0 Å². The summed E-state index contributed by atoms with van der Waals surface area (Å²) in [5.74, 6) is 0. The lowest BCUT2D eigenvalue weighted by molar-refractivity contribution is 0.111. The van der Waals surface area contributed by atoms with Crippen LogP contribution in [0.1, 0.15) is 46.0 Å². The fourth-order valence-corrected chi connectivity index (χ4v) is 3.44. The van der Waals surface area contributed by atoms with E-state index in [0.717, 1.165) is 25.4 Å². The van der Waals surface area contributed by atoms with Gasteiger partial charge in [-0.15, -0.1) is 0 Å². The van der Waals surface area contributed by atoms with Crippen LogP contribution in [0.4, 0.5) is 0 Å². The molecule has 1 saturated heterocycles. The second kappa shape index (κ2) is 7.74. The number of nitrogens with zero attached hydrogens (tertiary/aromatic N) is 2. The molecule has 1 unspecified atom stereocenters. The Morgan fingerprint density at radius 2 is 1.85 bits per heavy atom. The van der Waals surface area contributed by atoms with E-state index in [0.29, 0.717) is 0 Å². The lowest BCUT2D eigenvalue weighted by atomic mass is 9.91. The van der Waals surface area contributed by atoms with Crippen LogP contribution < -0.4 is 5.32 Å². The summed E-state index contributed by atoms with van der Waals surface area (Å²) < 4.78 is 0. The smallest absolute Gasteiger partial charge is 0.0613 e. The maximum absolute atomic E-state index is 9.66. The van der Waals surface area contributed by atoms with E-state index in [4.69, 9.17) is 0 Å². The molecule has 0 radical (unpaired) electrons. The maximum atomic E-state index is 9.66. The van der Waals surface area contributed by atoms with Crippen molar-refractivity contribution in [3.63, 3.8) is 0 Å². The molecule has 1 aliphatic carbocycles. The highest BCUT2D eigenvalue weighted by Crippen LogP contribution is 2.27. The van der Waals surface area contributed by atoms with Gasteiger partial charge in [-0.25, -0.2) is 0 Å². The Bertz CT molecular complexity index is 269. The fraction of sp³-hybridized carbons (Fsp3) is 1.00. The summed E-state index contributed by atoms with van der Waals surface area (Å²) in [6.45, 7) is 11.7. The SMILES string of the molecule is CCNC(CC)(CO)CCCN1CCN(C2CC2)CC1. The molecule has 20 heavy (non-hydrogen) atoms. The summed E-state index contributed by atoms with van der Waals surface area (Å²) >= 11 is 0. The predicted octanol–water partition coefficient (Wildman–Crippen LogP) is 1.30. The molecule has 0 amide bonds. The number of likely N-dealkylation sites (N-methyl/N-ethyl adjacent to an activating group) is 1. The molecule has 0 aromatic heterocycles. The van der Waals surface area contributed by atoms with E-state index >= 15 is 0 Å². The van der Waals surface area contributed by atoms with Gasteiger partial charge >= 0.3 is 0 Å². The minimum absolute atomic E-state index is 0.0510. The van der Waals surface area contributed by atoms with Crippen LogP contribution in [0.15, 0.2) is 0 Å². The van der Waals surface area contributed by atoms with E-state index < -0.39 is 0 Å². The molecule has 2 rings (SSSR count). The van der Waals surface area contributed by atoms with Crippen molar-refractivity contribution in [3.8, 4) is 0 Å². The molecule has 2 fully saturated rings. The Labute approximate surface area is 124 Å². The summed E-state index contributed by atoms with van der Waals surface area (Å²) in [4.78, 5) is 5.27.